The van der Waals surface area contributed by atoms with E-state index >= 15 is 0 Å². The first kappa shape index (κ1) is 21.7. The lowest BCUT2D eigenvalue weighted by atomic mass is 10.1. The van der Waals surface area contributed by atoms with Crippen LogP contribution in [0.3, 0.4) is 0 Å². The lowest BCUT2D eigenvalue weighted by molar-refractivity contribution is 0.0844. The van der Waals surface area contributed by atoms with Crippen LogP contribution in [-0.4, -0.2) is 21.8 Å². The Balaban J connectivity index is 1.55. The van der Waals surface area contributed by atoms with Gasteiger partial charge in [0.15, 0.2) is 5.16 Å². The third kappa shape index (κ3) is 5.77. The summed E-state index contributed by atoms with van der Waals surface area (Å²) in [5, 5.41) is 0.877. The molecule has 6 nitrogen and oxygen atoms in total. The third-order valence-electron chi connectivity index (χ3n) is 4.01. The minimum atomic E-state index is -0.779. The van der Waals surface area contributed by atoms with Gasteiger partial charge in [-0.3, -0.25) is 20.4 Å². The van der Waals surface area contributed by atoms with Crippen LogP contribution in [0.5, 0.6) is 0 Å². The van der Waals surface area contributed by atoms with Crippen molar-refractivity contribution in [2.24, 2.45) is 0 Å². The fourth-order valence-electron chi connectivity index (χ4n) is 2.59. The molecule has 3 rings (SSSR count). The summed E-state index contributed by atoms with van der Waals surface area (Å²) in [7, 11) is 0. The number of thioether (sulfide) groups is 1. The van der Waals surface area contributed by atoms with Gasteiger partial charge in [-0.1, -0.05) is 35.5 Å². The molecule has 0 saturated carbocycles. The van der Waals surface area contributed by atoms with Gasteiger partial charge in [0.2, 0.25) is 0 Å². The standard InChI is InChI=1S/C21H18ClFN4O2S/c1-12-9-13(2)25-21(24-12)30-11-14-3-5-15(6-4-14)19(28)26-27-20(29)17-8-7-16(22)10-18(17)23/h3-10H,11H2,1-2H3,(H,26,28)(H,27,29). The number of hydrogen-bond donors (Lipinski definition) is 2. The van der Waals surface area contributed by atoms with E-state index < -0.39 is 17.6 Å². The number of nitrogens with zero attached hydrogens (tertiary/aromatic N) is 2. The first-order valence-corrected chi connectivity index (χ1v) is 10.3. The maximum Gasteiger partial charge on any atom is 0.272 e. The normalized spacial score (nSPS) is 10.5. The van der Waals surface area contributed by atoms with Gasteiger partial charge in [-0.05, 0) is 55.8 Å². The molecule has 9 heteroatoms. The minimum Gasteiger partial charge on any atom is -0.267 e. The molecule has 0 unspecified atom stereocenters. The SMILES string of the molecule is Cc1cc(C)nc(SCc2ccc(C(=O)NNC(=O)c3ccc(Cl)cc3F)cc2)n1. The number of carbonyl (C=O) groups is 2. The van der Waals surface area contributed by atoms with Crippen molar-refractivity contribution < 1.29 is 14.0 Å². The number of benzene rings is 2. The van der Waals surface area contributed by atoms with Gasteiger partial charge in [0.1, 0.15) is 5.82 Å². The minimum absolute atomic E-state index is 0.176. The van der Waals surface area contributed by atoms with E-state index in [2.05, 4.69) is 20.8 Å². The summed E-state index contributed by atoms with van der Waals surface area (Å²) in [6.45, 7) is 3.85. The highest BCUT2D eigenvalue weighted by molar-refractivity contribution is 7.98. The summed E-state index contributed by atoms with van der Waals surface area (Å²) in [6, 6.07) is 12.5. The van der Waals surface area contributed by atoms with Gasteiger partial charge in [0.25, 0.3) is 11.8 Å². The van der Waals surface area contributed by atoms with Gasteiger partial charge in [0.05, 0.1) is 5.56 Å². The molecule has 30 heavy (non-hydrogen) atoms. The van der Waals surface area contributed by atoms with Crippen molar-refractivity contribution in [2.45, 2.75) is 24.8 Å². The topological polar surface area (TPSA) is 84.0 Å². The molecule has 1 heterocycles. The molecule has 0 aliphatic carbocycles. The summed E-state index contributed by atoms with van der Waals surface area (Å²) in [6.07, 6.45) is 0. The Hall–Kier alpha value is -2.97. The number of rotatable bonds is 5. The van der Waals surface area contributed by atoms with Crippen molar-refractivity contribution in [1.29, 1.82) is 0 Å². The number of hydrogen-bond acceptors (Lipinski definition) is 5. The van der Waals surface area contributed by atoms with E-state index in [0.29, 0.717) is 16.5 Å². The second-order valence-corrected chi connectivity index (χ2v) is 7.83. The molecule has 0 fully saturated rings. The van der Waals surface area contributed by atoms with Gasteiger partial charge in [-0.25, -0.2) is 14.4 Å². The summed E-state index contributed by atoms with van der Waals surface area (Å²) in [5.41, 5.74) is 7.40. The molecule has 0 spiro atoms. The molecule has 0 radical (unpaired) electrons. The van der Waals surface area contributed by atoms with Crippen LogP contribution in [-0.2, 0) is 5.75 Å². The van der Waals surface area contributed by atoms with E-state index in [-0.39, 0.29) is 10.6 Å². The quantitative estimate of drug-likeness (QED) is 0.349. The predicted octanol–water partition coefficient (Wildman–Crippen LogP) is 4.25. The average Bonchev–Trinajstić information content (AvgIpc) is 2.70. The summed E-state index contributed by atoms with van der Waals surface area (Å²) >= 11 is 7.17. The van der Waals surface area contributed by atoms with E-state index in [9.17, 15) is 14.0 Å². The van der Waals surface area contributed by atoms with Crippen LogP contribution in [0.2, 0.25) is 5.02 Å². The first-order valence-electron chi connectivity index (χ1n) is 8.91. The number of aromatic nitrogens is 2. The zero-order valence-corrected chi connectivity index (χ0v) is 17.8. The predicted molar refractivity (Wildman–Crippen MR) is 114 cm³/mol. The summed E-state index contributed by atoms with van der Waals surface area (Å²) in [4.78, 5) is 33.0. The fraction of sp³-hybridized carbons (Fsp3) is 0.143. The van der Waals surface area contributed by atoms with Crippen molar-refractivity contribution >= 4 is 35.2 Å². The number of halogens is 2. The highest BCUT2D eigenvalue weighted by Gasteiger charge is 2.13. The van der Waals surface area contributed by atoms with Gasteiger partial charge >= 0.3 is 0 Å². The molecule has 3 aromatic rings. The zero-order chi connectivity index (χ0) is 21.7. The molecule has 0 atom stereocenters. The van der Waals surface area contributed by atoms with Crippen LogP contribution in [0, 0.1) is 19.7 Å². The molecular weight excluding hydrogens is 427 g/mol. The van der Waals surface area contributed by atoms with Crippen LogP contribution in [0.15, 0.2) is 53.7 Å². The van der Waals surface area contributed by atoms with Gasteiger partial charge < -0.3 is 0 Å². The van der Waals surface area contributed by atoms with Crippen LogP contribution in [0.1, 0.15) is 37.7 Å². The van der Waals surface area contributed by atoms with Crippen LogP contribution in [0.25, 0.3) is 0 Å². The van der Waals surface area contributed by atoms with Gasteiger partial charge in [0, 0.05) is 27.7 Å². The number of carbonyl (C=O) groups excluding carboxylic acids is 2. The number of nitrogens with one attached hydrogen (secondary N) is 2. The maximum absolute atomic E-state index is 13.8. The molecule has 2 N–H and O–H groups in total. The monoisotopic (exact) mass is 444 g/mol. The van der Waals surface area contributed by atoms with Gasteiger partial charge in [-0.2, -0.15) is 0 Å². The van der Waals surface area contributed by atoms with Crippen LogP contribution in [0.4, 0.5) is 4.39 Å². The van der Waals surface area contributed by atoms with E-state index in [1.165, 1.54) is 23.9 Å². The van der Waals surface area contributed by atoms with E-state index in [1.54, 1.807) is 12.1 Å². The van der Waals surface area contributed by atoms with Crippen LogP contribution < -0.4 is 10.9 Å². The van der Waals surface area contributed by atoms with Crippen molar-refractivity contribution in [3.8, 4) is 0 Å². The molecule has 2 aromatic carbocycles. The summed E-state index contributed by atoms with van der Waals surface area (Å²) < 4.78 is 13.8. The Kier molecular flexibility index (Phi) is 7.02. The second kappa shape index (κ2) is 9.69. The Labute approximate surface area is 182 Å². The molecule has 2 amide bonds. The van der Waals surface area contributed by atoms with E-state index in [0.717, 1.165) is 23.0 Å². The molecule has 0 bridgehead atoms. The third-order valence-corrected chi connectivity index (χ3v) is 5.16. The van der Waals surface area contributed by atoms with Crippen LogP contribution >= 0.6 is 23.4 Å². The molecule has 0 aliphatic heterocycles. The van der Waals surface area contributed by atoms with Crippen molar-refractivity contribution in [1.82, 2.24) is 20.8 Å². The second-order valence-electron chi connectivity index (χ2n) is 6.45. The van der Waals surface area contributed by atoms with Crippen molar-refractivity contribution in [2.75, 3.05) is 0 Å². The maximum atomic E-state index is 13.8. The highest BCUT2D eigenvalue weighted by atomic mass is 35.5. The number of amides is 2. The van der Waals surface area contributed by atoms with E-state index in [1.807, 2.05) is 32.0 Å². The zero-order valence-electron chi connectivity index (χ0n) is 16.2. The smallest absolute Gasteiger partial charge is 0.267 e. The average molecular weight is 445 g/mol. The Morgan fingerprint density at radius 2 is 1.60 bits per heavy atom. The lowest BCUT2D eigenvalue weighted by Crippen LogP contribution is -2.41. The molecule has 0 aliphatic rings. The molecule has 0 saturated heterocycles. The molecule has 154 valence electrons. The first-order chi connectivity index (χ1) is 14.3. The lowest BCUT2D eigenvalue weighted by Gasteiger charge is -2.09. The largest absolute Gasteiger partial charge is 0.272 e. The van der Waals surface area contributed by atoms with Gasteiger partial charge in [-0.15, -0.1) is 0 Å². The highest BCUT2D eigenvalue weighted by Crippen LogP contribution is 2.20. The molecular formula is C21H18ClFN4O2S. The number of hydrazine groups is 1. The summed E-state index contributed by atoms with van der Waals surface area (Å²) in [5.74, 6) is -1.42. The molecule has 1 aromatic heterocycles. The fourth-order valence-corrected chi connectivity index (χ4v) is 3.65. The van der Waals surface area contributed by atoms with Crippen molar-refractivity contribution in [3.05, 3.63) is 87.4 Å². The Morgan fingerprint density at radius 1 is 0.967 bits per heavy atom. The Bertz CT molecular complexity index is 1070. The Morgan fingerprint density at radius 3 is 2.23 bits per heavy atom. The number of aryl methyl sites for hydroxylation is 2. The van der Waals surface area contributed by atoms with E-state index in [4.69, 9.17) is 11.6 Å². The van der Waals surface area contributed by atoms with Crippen molar-refractivity contribution in [3.63, 3.8) is 0 Å².